The summed E-state index contributed by atoms with van der Waals surface area (Å²) in [5.41, 5.74) is -0.655. The molecular weight excluding hydrogens is 470 g/mol. The molecule has 0 radical (unpaired) electrons. The van der Waals surface area contributed by atoms with E-state index in [1.165, 1.54) is 18.5 Å². The number of pyridine rings is 1. The second-order valence-corrected chi connectivity index (χ2v) is 8.45. The second-order valence-electron chi connectivity index (χ2n) is 8.45. The van der Waals surface area contributed by atoms with Crippen LogP contribution in [0.25, 0.3) is 10.9 Å². The summed E-state index contributed by atoms with van der Waals surface area (Å²) in [5, 5.41) is 0.575. The van der Waals surface area contributed by atoms with Gasteiger partial charge in [0.1, 0.15) is 24.8 Å². The zero-order chi connectivity index (χ0) is 24.7. The molecule has 2 fully saturated rings. The summed E-state index contributed by atoms with van der Waals surface area (Å²) in [4.78, 5) is 39.5. The average Bonchev–Trinajstić information content (AvgIpc) is 3.13. The summed E-state index contributed by atoms with van der Waals surface area (Å²) in [6.07, 6.45) is 0.237. The Morgan fingerprint density at radius 2 is 1.77 bits per heavy atom. The predicted molar refractivity (Wildman–Crippen MR) is 115 cm³/mol. The van der Waals surface area contributed by atoms with Gasteiger partial charge in [-0.3, -0.25) is 19.6 Å². The molecule has 2 aromatic heterocycles. The van der Waals surface area contributed by atoms with Gasteiger partial charge in [-0.2, -0.15) is 13.2 Å². The Morgan fingerprint density at radius 3 is 2.51 bits per heavy atom. The maximum absolute atomic E-state index is 13.5. The Morgan fingerprint density at radius 1 is 1.00 bits per heavy atom. The van der Waals surface area contributed by atoms with Gasteiger partial charge in [0.25, 0.3) is 5.91 Å². The number of hydrogen-bond acceptors (Lipinski definition) is 6. The van der Waals surface area contributed by atoms with E-state index in [9.17, 15) is 27.2 Å². The van der Waals surface area contributed by atoms with Crippen molar-refractivity contribution < 1.29 is 31.9 Å². The third-order valence-corrected chi connectivity index (χ3v) is 6.21. The van der Waals surface area contributed by atoms with Crippen molar-refractivity contribution in [2.45, 2.75) is 44.0 Å². The van der Waals surface area contributed by atoms with Gasteiger partial charge in [-0.1, -0.05) is 0 Å². The van der Waals surface area contributed by atoms with E-state index in [4.69, 9.17) is 4.74 Å². The van der Waals surface area contributed by atoms with E-state index >= 15 is 0 Å². The maximum atomic E-state index is 13.5. The number of imide groups is 1. The van der Waals surface area contributed by atoms with Crippen molar-refractivity contribution in [3.8, 4) is 5.88 Å². The van der Waals surface area contributed by atoms with Gasteiger partial charge in [-0.25, -0.2) is 19.2 Å². The van der Waals surface area contributed by atoms with Crippen molar-refractivity contribution in [2.24, 2.45) is 0 Å². The van der Waals surface area contributed by atoms with Gasteiger partial charge in [0, 0.05) is 18.3 Å². The predicted octanol–water partition coefficient (Wildman–Crippen LogP) is 4.34. The first kappa shape index (κ1) is 22.9. The van der Waals surface area contributed by atoms with E-state index in [1.807, 2.05) is 0 Å². The lowest BCUT2D eigenvalue weighted by Crippen LogP contribution is -2.44. The number of ether oxygens (including phenoxy) is 1. The molecule has 0 atom stereocenters. The van der Waals surface area contributed by atoms with Gasteiger partial charge in [-0.15, -0.1) is 0 Å². The summed E-state index contributed by atoms with van der Waals surface area (Å²) >= 11 is 0. The molecule has 3 heterocycles. The molecule has 35 heavy (non-hydrogen) atoms. The van der Waals surface area contributed by atoms with Crippen LogP contribution in [0, 0.1) is 5.82 Å². The van der Waals surface area contributed by atoms with Crippen LogP contribution < -0.4 is 9.64 Å². The Hall–Kier alpha value is -3.83. The van der Waals surface area contributed by atoms with E-state index in [2.05, 4.69) is 15.0 Å². The van der Waals surface area contributed by atoms with Gasteiger partial charge < -0.3 is 4.74 Å². The molecule has 1 saturated heterocycles. The largest absolute Gasteiger partial charge is 0.474 e. The van der Waals surface area contributed by atoms with Crippen LogP contribution in [-0.4, -0.2) is 50.5 Å². The number of urea groups is 1. The van der Waals surface area contributed by atoms with Crippen LogP contribution in [0.4, 0.5) is 28.0 Å². The van der Waals surface area contributed by atoms with Crippen molar-refractivity contribution in [2.75, 3.05) is 11.4 Å². The van der Waals surface area contributed by atoms with Crippen LogP contribution in [-0.2, 0) is 11.0 Å². The zero-order valence-corrected chi connectivity index (χ0v) is 18.2. The number of carbonyl (C=O) groups is 2. The fraction of sp³-hybridized carbons (Fsp3) is 0.348. The second kappa shape index (κ2) is 8.75. The molecule has 1 aliphatic heterocycles. The van der Waals surface area contributed by atoms with Crippen molar-refractivity contribution in [1.82, 2.24) is 19.9 Å². The Kier molecular flexibility index (Phi) is 5.73. The summed E-state index contributed by atoms with van der Waals surface area (Å²) in [6, 6.07) is 3.89. The van der Waals surface area contributed by atoms with E-state index in [0.717, 1.165) is 22.1 Å². The summed E-state index contributed by atoms with van der Waals surface area (Å²) < 4.78 is 58.6. The average molecular weight is 489 g/mol. The molecule has 0 spiro atoms. The number of hydrogen-bond donors (Lipinski definition) is 0. The normalized spacial score (nSPS) is 21.1. The molecule has 2 aliphatic rings. The molecule has 0 N–H and O–H groups in total. The fourth-order valence-corrected chi connectivity index (χ4v) is 4.49. The van der Waals surface area contributed by atoms with Crippen molar-refractivity contribution in [1.29, 1.82) is 0 Å². The van der Waals surface area contributed by atoms with Crippen LogP contribution >= 0.6 is 0 Å². The van der Waals surface area contributed by atoms with Crippen LogP contribution in [0.5, 0.6) is 5.88 Å². The van der Waals surface area contributed by atoms with E-state index in [0.29, 0.717) is 48.7 Å². The first-order valence-electron chi connectivity index (χ1n) is 10.9. The molecule has 8 nitrogen and oxygen atoms in total. The maximum Gasteiger partial charge on any atom is 0.417 e. The smallest absolute Gasteiger partial charge is 0.417 e. The van der Waals surface area contributed by atoms with E-state index in [-0.39, 0.29) is 18.3 Å². The monoisotopic (exact) mass is 489 g/mol. The van der Waals surface area contributed by atoms with Crippen molar-refractivity contribution >= 4 is 28.5 Å². The molecule has 0 bridgehead atoms. The third kappa shape index (κ3) is 4.47. The van der Waals surface area contributed by atoms with Gasteiger partial charge in [-0.05, 0) is 43.9 Å². The lowest BCUT2D eigenvalue weighted by molar-refractivity contribution is -0.137. The number of amides is 3. The van der Waals surface area contributed by atoms with Crippen molar-refractivity contribution in [3.63, 3.8) is 0 Å². The summed E-state index contributed by atoms with van der Waals surface area (Å²) in [7, 11) is 0. The molecule has 182 valence electrons. The van der Waals surface area contributed by atoms with Crippen LogP contribution in [0.2, 0.25) is 0 Å². The summed E-state index contributed by atoms with van der Waals surface area (Å²) in [6.45, 7) is -0.345. The number of anilines is 1. The number of nitrogens with zero attached hydrogens (tertiary/aromatic N) is 5. The quantitative estimate of drug-likeness (QED) is 0.400. The highest BCUT2D eigenvalue weighted by Gasteiger charge is 2.43. The molecule has 12 heteroatoms. The Bertz CT molecular complexity index is 1290. The molecular formula is C23H19F4N5O3. The number of fused-ring (bicyclic) bond motifs is 1. The van der Waals surface area contributed by atoms with Crippen LogP contribution in [0.1, 0.15) is 31.2 Å². The van der Waals surface area contributed by atoms with Crippen LogP contribution in [0.3, 0.4) is 0 Å². The SMILES string of the molecule is O=C1CN(c2cncc(C(F)(F)F)c2)C(=O)N1[C@H]1CC[C@H](Oc2ncnc3cc(F)ccc23)CC1. The van der Waals surface area contributed by atoms with Gasteiger partial charge in [0.15, 0.2) is 0 Å². The molecule has 1 aliphatic carbocycles. The van der Waals surface area contributed by atoms with Crippen molar-refractivity contribution in [3.05, 3.63) is 54.4 Å². The zero-order valence-electron chi connectivity index (χ0n) is 18.2. The Balaban J connectivity index is 1.25. The molecule has 1 aromatic carbocycles. The number of carbonyl (C=O) groups excluding carboxylic acids is 2. The van der Waals surface area contributed by atoms with Gasteiger partial charge in [0.2, 0.25) is 5.88 Å². The highest BCUT2D eigenvalue weighted by molar-refractivity contribution is 6.12. The summed E-state index contributed by atoms with van der Waals surface area (Å²) in [5.74, 6) is -0.562. The first-order valence-corrected chi connectivity index (χ1v) is 10.9. The van der Waals surface area contributed by atoms with E-state index < -0.39 is 35.5 Å². The number of halogens is 4. The standard InChI is InChI=1S/C23H19F4N5O3/c24-14-1-6-18-19(8-14)29-12-30-21(18)35-17-4-2-15(3-5-17)32-20(33)11-31(22(32)34)16-7-13(9-28-10-16)23(25,26)27/h1,6-10,12,15,17H,2-5,11H2/t15-,17-. The Labute approximate surface area is 196 Å². The molecule has 3 aromatic rings. The molecule has 1 saturated carbocycles. The number of rotatable bonds is 4. The first-order chi connectivity index (χ1) is 16.7. The van der Waals surface area contributed by atoms with E-state index in [1.54, 1.807) is 6.07 Å². The lowest BCUT2D eigenvalue weighted by Gasteiger charge is -2.33. The fourth-order valence-electron chi connectivity index (χ4n) is 4.49. The number of benzene rings is 1. The molecule has 5 rings (SSSR count). The third-order valence-electron chi connectivity index (χ3n) is 6.21. The van der Waals surface area contributed by atoms with Gasteiger partial charge >= 0.3 is 12.2 Å². The minimum atomic E-state index is -4.61. The molecule has 0 unspecified atom stereocenters. The number of alkyl halides is 3. The molecule has 3 amide bonds. The minimum absolute atomic E-state index is 0.0789. The lowest BCUT2D eigenvalue weighted by atomic mass is 9.92. The highest BCUT2D eigenvalue weighted by atomic mass is 19.4. The topological polar surface area (TPSA) is 88.5 Å². The minimum Gasteiger partial charge on any atom is -0.474 e. The highest BCUT2D eigenvalue weighted by Crippen LogP contribution is 2.34. The van der Waals surface area contributed by atoms with Gasteiger partial charge in [0.05, 0.1) is 28.4 Å². The van der Waals surface area contributed by atoms with Crippen LogP contribution in [0.15, 0.2) is 43.0 Å². The number of aromatic nitrogens is 3.